The Bertz CT molecular complexity index is 1090. The van der Waals surface area contributed by atoms with E-state index in [1.54, 1.807) is 4.68 Å². The largest absolute Gasteiger partial charge is 0.454 e. The Balaban J connectivity index is 1.26. The molecule has 0 aliphatic carbocycles. The zero-order valence-corrected chi connectivity index (χ0v) is 17.2. The van der Waals surface area contributed by atoms with E-state index in [-0.39, 0.29) is 6.79 Å². The monoisotopic (exact) mass is 430 g/mol. The average molecular weight is 431 g/mol. The van der Waals surface area contributed by atoms with Crippen LogP contribution >= 0.6 is 23.8 Å². The summed E-state index contributed by atoms with van der Waals surface area (Å²) < 4.78 is 18.2. The van der Waals surface area contributed by atoms with Gasteiger partial charge in [-0.25, -0.2) is 4.68 Å². The molecule has 1 saturated heterocycles. The highest BCUT2D eigenvalue weighted by Crippen LogP contribution is 2.35. The predicted molar refractivity (Wildman–Crippen MR) is 112 cm³/mol. The van der Waals surface area contributed by atoms with Crippen molar-refractivity contribution in [2.24, 2.45) is 0 Å². The minimum absolute atomic E-state index is 0.233. The Morgan fingerprint density at radius 3 is 2.62 bits per heavy atom. The van der Waals surface area contributed by atoms with E-state index in [0.717, 1.165) is 48.2 Å². The molecule has 1 fully saturated rings. The molecule has 9 heteroatoms. The van der Waals surface area contributed by atoms with E-state index >= 15 is 0 Å². The number of rotatable bonds is 4. The van der Waals surface area contributed by atoms with Gasteiger partial charge in [0.15, 0.2) is 11.5 Å². The van der Waals surface area contributed by atoms with Crippen LogP contribution in [0.25, 0.3) is 11.5 Å². The first-order valence-electron chi connectivity index (χ1n) is 9.37. The third kappa shape index (κ3) is 3.71. The molecule has 3 heterocycles. The van der Waals surface area contributed by atoms with Crippen LogP contribution in [-0.4, -0.2) is 47.7 Å². The van der Waals surface area contributed by atoms with Gasteiger partial charge in [0, 0.05) is 31.7 Å². The van der Waals surface area contributed by atoms with Gasteiger partial charge in [-0.15, -0.1) is 5.10 Å². The number of hydrogen-bond acceptors (Lipinski definition) is 7. The molecule has 150 valence electrons. The lowest BCUT2D eigenvalue weighted by Gasteiger charge is -2.36. The first-order valence-corrected chi connectivity index (χ1v) is 10.2. The van der Waals surface area contributed by atoms with E-state index in [9.17, 15) is 0 Å². The van der Waals surface area contributed by atoms with E-state index < -0.39 is 0 Å². The Hall–Kier alpha value is -2.55. The van der Waals surface area contributed by atoms with Crippen molar-refractivity contribution >= 4 is 29.5 Å². The number of halogens is 1. The van der Waals surface area contributed by atoms with Gasteiger partial charge < -0.3 is 18.8 Å². The van der Waals surface area contributed by atoms with Gasteiger partial charge in [0.25, 0.3) is 4.84 Å². The lowest BCUT2D eigenvalue weighted by Crippen LogP contribution is -2.47. The summed E-state index contributed by atoms with van der Waals surface area (Å²) in [5.74, 6) is 1.89. The molecule has 2 aliphatic rings. The van der Waals surface area contributed by atoms with Crippen LogP contribution in [0.5, 0.6) is 11.5 Å². The minimum atomic E-state index is 0.233. The summed E-state index contributed by atoms with van der Waals surface area (Å²) in [6.45, 7) is 4.38. The quantitative estimate of drug-likeness (QED) is 0.579. The van der Waals surface area contributed by atoms with Gasteiger partial charge in [0.1, 0.15) is 0 Å². The summed E-state index contributed by atoms with van der Waals surface area (Å²) in [6, 6.07) is 13.5. The zero-order valence-electron chi connectivity index (χ0n) is 15.6. The number of benzene rings is 2. The molecule has 7 nitrogen and oxygen atoms in total. The summed E-state index contributed by atoms with van der Waals surface area (Å²) in [5, 5.41) is 5.35. The molecule has 0 N–H and O–H groups in total. The summed E-state index contributed by atoms with van der Waals surface area (Å²) in [6.07, 6.45) is 0. The summed E-state index contributed by atoms with van der Waals surface area (Å²) in [4.78, 5) is 4.96. The second-order valence-corrected chi connectivity index (χ2v) is 7.70. The Kier molecular flexibility index (Phi) is 4.91. The molecule has 2 aromatic carbocycles. The van der Waals surface area contributed by atoms with E-state index in [1.807, 2.05) is 36.4 Å². The first-order chi connectivity index (χ1) is 14.2. The van der Waals surface area contributed by atoms with E-state index in [1.165, 1.54) is 0 Å². The maximum Gasteiger partial charge on any atom is 0.288 e. The number of piperazine rings is 1. The van der Waals surface area contributed by atoms with Crippen LogP contribution in [0.15, 0.2) is 46.9 Å². The van der Waals surface area contributed by atoms with Gasteiger partial charge >= 0.3 is 0 Å². The van der Waals surface area contributed by atoms with Crippen molar-refractivity contribution in [2.75, 3.05) is 37.9 Å². The van der Waals surface area contributed by atoms with E-state index in [2.05, 4.69) is 21.0 Å². The van der Waals surface area contributed by atoms with Crippen molar-refractivity contribution in [1.29, 1.82) is 0 Å². The first kappa shape index (κ1) is 18.5. The molecule has 0 radical (unpaired) electrons. The average Bonchev–Trinajstić information content (AvgIpc) is 3.35. The molecule has 1 aromatic heterocycles. The van der Waals surface area contributed by atoms with Crippen molar-refractivity contribution in [2.45, 2.75) is 6.67 Å². The van der Waals surface area contributed by atoms with Crippen molar-refractivity contribution in [1.82, 2.24) is 14.7 Å². The fraction of sp³-hybridized carbons (Fsp3) is 0.300. The van der Waals surface area contributed by atoms with Crippen LogP contribution < -0.4 is 14.4 Å². The van der Waals surface area contributed by atoms with Gasteiger partial charge in [-0.1, -0.05) is 23.7 Å². The summed E-state index contributed by atoms with van der Waals surface area (Å²) >= 11 is 11.7. The minimum Gasteiger partial charge on any atom is -0.454 e. The zero-order chi connectivity index (χ0) is 19.8. The van der Waals surface area contributed by atoms with Gasteiger partial charge in [-0.2, -0.15) is 0 Å². The van der Waals surface area contributed by atoms with Crippen molar-refractivity contribution < 1.29 is 13.9 Å². The van der Waals surface area contributed by atoms with Crippen LogP contribution in [0, 0.1) is 4.84 Å². The molecule has 29 heavy (non-hydrogen) atoms. The Morgan fingerprint density at radius 2 is 1.79 bits per heavy atom. The smallest absolute Gasteiger partial charge is 0.288 e. The number of nitrogens with zero attached hydrogens (tertiary/aromatic N) is 4. The molecule has 0 unspecified atom stereocenters. The topological polar surface area (TPSA) is 55.9 Å². The van der Waals surface area contributed by atoms with Crippen molar-refractivity contribution in [3.63, 3.8) is 0 Å². The van der Waals surface area contributed by atoms with Crippen LogP contribution in [-0.2, 0) is 6.67 Å². The third-order valence-corrected chi connectivity index (χ3v) is 5.74. The number of hydrogen-bond donors (Lipinski definition) is 0. The lowest BCUT2D eigenvalue weighted by molar-refractivity contribution is 0.174. The highest BCUT2D eigenvalue weighted by molar-refractivity contribution is 7.71. The molecular weight excluding hydrogens is 412 g/mol. The molecular formula is C20H19ClN4O3S. The Morgan fingerprint density at radius 1 is 1.00 bits per heavy atom. The molecule has 0 atom stereocenters. The Labute approximate surface area is 178 Å². The van der Waals surface area contributed by atoms with Crippen molar-refractivity contribution in [3.05, 3.63) is 52.3 Å². The van der Waals surface area contributed by atoms with Crippen molar-refractivity contribution in [3.8, 4) is 23.0 Å². The molecule has 2 aliphatic heterocycles. The molecule has 0 bridgehead atoms. The highest BCUT2D eigenvalue weighted by Gasteiger charge is 2.21. The number of anilines is 1. The van der Waals surface area contributed by atoms with Crippen LogP contribution in [0.2, 0.25) is 5.02 Å². The number of fused-ring (bicyclic) bond motifs is 1. The number of ether oxygens (including phenoxy) is 2. The van der Waals surface area contributed by atoms with Gasteiger partial charge in [0.2, 0.25) is 12.7 Å². The molecule has 3 aromatic rings. The van der Waals surface area contributed by atoms with E-state index in [4.69, 9.17) is 37.7 Å². The standard InChI is InChI=1S/C20H19ClN4O3S/c21-15-3-1-2-4-16(15)24-9-7-23(8-10-24)12-25-20(29)28-19(22-25)14-5-6-17-18(11-14)27-13-26-17/h1-6,11H,7-10,12-13H2. The van der Waals surface area contributed by atoms with Crippen LogP contribution in [0.3, 0.4) is 0 Å². The SMILES string of the molecule is S=c1oc(-c2ccc3c(c2)OCO3)nn1CN1CCN(c2ccccc2Cl)CC1. The second kappa shape index (κ2) is 7.70. The molecule has 0 amide bonds. The second-order valence-electron chi connectivity index (χ2n) is 6.94. The van der Waals surface area contributed by atoms with Gasteiger partial charge in [-0.05, 0) is 42.5 Å². The highest BCUT2D eigenvalue weighted by atomic mass is 35.5. The third-order valence-electron chi connectivity index (χ3n) is 5.13. The van der Waals surface area contributed by atoms with Crippen LogP contribution in [0.1, 0.15) is 0 Å². The summed E-state index contributed by atoms with van der Waals surface area (Å²) in [7, 11) is 0. The van der Waals surface area contributed by atoms with Gasteiger partial charge in [0.05, 0.1) is 17.4 Å². The molecule has 0 saturated carbocycles. The van der Waals surface area contributed by atoms with Gasteiger partial charge in [-0.3, -0.25) is 4.90 Å². The maximum atomic E-state index is 6.33. The number of aromatic nitrogens is 2. The normalized spacial score (nSPS) is 16.4. The molecule has 5 rings (SSSR count). The fourth-order valence-electron chi connectivity index (χ4n) is 3.57. The predicted octanol–water partition coefficient (Wildman–Crippen LogP) is 4.03. The maximum absolute atomic E-state index is 6.33. The molecule has 0 spiro atoms. The lowest BCUT2D eigenvalue weighted by atomic mass is 10.2. The van der Waals surface area contributed by atoms with Crippen LogP contribution in [0.4, 0.5) is 5.69 Å². The fourth-order valence-corrected chi connectivity index (χ4v) is 4.00. The van der Waals surface area contributed by atoms with E-state index in [0.29, 0.717) is 23.1 Å². The summed E-state index contributed by atoms with van der Waals surface area (Å²) in [5.41, 5.74) is 1.89. The number of para-hydroxylation sites is 1.